The van der Waals surface area contributed by atoms with Gasteiger partial charge >= 0.3 is 11.7 Å². The number of rotatable bonds is 14. The molecule has 21 nitrogen and oxygen atoms in total. The van der Waals surface area contributed by atoms with Gasteiger partial charge in [0, 0.05) is 30.6 Å². The molecule has 0 saturated carbocycles. The second-order valence-electron chi connectivity index (χ2n) is 10.8. The van der Waals surface area contributed by atoms with Gasteiger partial charge in [0.2, 0.25) is 22.8 Å². The number of nitrogens with one attached hydrogen (secondary N) is 1. The summed E-state index contributed by atoms with van der Waals surface area (Å²) in [4.78, 5) is 87.2. The lowest BCUT2D eigenvalue weighted by atomic mass is 9.91. The van der Waals surface area contributed by atoms with Crippen LogP contribution in [0.15, 0.2) is 32.4 Å². The maximum absolute atomic E-state index is 13.2. The van der Waals surface area contributed by atoms with Crippen LogP contribution in [0.4, 0.5) is 5.13 Å². The number of oxime groups is 1. The van der Waals surface area contributed by atoms with Crippen LogP contribution < -0.4 is 16.9 Å². The van der Waals surface area contributed by atoms with Gasteiger partial charge in [-0.2, -0.15) is 0 Å². The molecule has 0 aliphatic carbocycles. The highest BCUT2D eigenvalue weighted by atomic mass is 32.2. The van der Waals surface area contributed by atoms with Gasteiger partial charge in [-0.05, 0) is 13.8 Å². The lowest BCUT2D eigenvalue weighted by molar-refractivity contribution is -0.161. The van der Waals surface area contributed by atoms with Gasteiger partial charge in [0.15, 0.2) is 34.0 Å². The fourth-order valence-corrected chi connectivity index (χ4v) is 5.78. The number of aliphatic hydroxyl groups excluding tert-OH is 2. The number of nitrogens with two attached hydrogens (primary N) is 1. The van der Waals surface area contributed by atoms with Crippen LogP contribution in [0.1, 0.15) is 26.0 Å². The Kier molecular flexibility index (Phi) is 9.98. The molecule has 1 unspecified atom stereocenters. The Bertz CT molecular complexity index is 2040. The van der Waals surface area contributed by atoms with Crippen molar-refractivity contribution >= 4 is 55.8 Å². The minimum absolute atomic E-state index is 0.0534. The van der Waals surface area contributed by atoms with Gasteiger partial charge in [-0.15, -0.1) is 20.5 Å². The number of carbonyl (C=O) groups is 4. The monoisotopic (exact) mass is 712 g/mol. The zero-order chi connectivity index (χ0) is 35.7. The van der Waals surface area contributed by atoms with Crippen LogP contribution in [0.2, 0.25) is 0 Å². The van der Waals surface area contributed by atoms with Crippen molar-refractivity contribution in [2.75, 3.05) is 24.6 Å². The van der Waals surface area contributed by atoms with Crippen LogP contribution in [0.3, 0.4) is 0 Å². The molecular weight excluding hydrogens is 684 g/mol. The number of H-pyrrole nitrogens is 1. The molecular formula is C25H28N8O13S2. The van der Waals surface area contributed by atoms with Gasteiger partial charge in [0.1, 0.15) is 5.69 Å². The fraction of sp³-hybridized carbons (Fsp3) is 0.400. The standard InChI is InChI=1S/C25H28N8O13S2/c1-25(2,22(41)42)46-30-19(14-9-47-23(26)28-14)16(37)3-11-6-31(21(11)40)18(39)10-48(44,45)33-24(43)32(7-12(35)8-34)20(29-33)13-4-15(36)17(38)5-27-13/h4-5,9,11-12,34-35,38H,3,6-8,10H2,1-2H3,(H2,26,28)(H,27,36)(H,41,42)/b30-19-/t11-,12?/m0/s1. The highest BCUT2D eigenvalue weighted by molar-refractivity contribution is 7.90. The number of ketones is 1. The summed E-state index contributed by atoms with van der Waals surface area (Å²) in [5, 5.41) is 46.7. The number of thiazole rings is 1. The number of hydrogen-bond acceptors (Lipinski definition) is 17. The number of likely N-dealkylation sites (tertiary alicyclic amines) is 1. The number of imide groups is 1. The summed E-state index contributed by atoms with van der Waals surface area (Å²) in [6.45, 7) is 0.423. The molecule has 1 aliphatic heterocycles. The van der Waals surface area contributed by atoms with Crippen LogP contribution in [0.25, 0.3) is 11.5 Å². The predicted molar refractivity (Wildman–Crippen MR) is 162 cm³/mol. The second kappa shape index (κ2) is 13.5. The number of carboxylic acids is 1. The SMILES string of the molecule is CC(C)(O/N=C(\C(=O)C[C@H]1CN(C(=O)CS(=O)(=O)n2nc(-c3cc(=O)c(O)c[nH]3)n(CC(O)CO)c2=O)C1=O)c1csc(N)n1)C(=O)O. The van der Waals surface area contributed by atoms with E-state index in [-0.39, 0.29) is 20.6 Å². The number of nitrogen functional groups attached to an aromatic ring is 1. The van der Waals surface area contributed by atoms with Gasteiger partial charge in [0.05, 0.1) is 30.9 Å². The van der Waals surface area contributed by atoms with Crippen molar-refractivity contribution in [3.05, 3.63) is 44.0 Å². The molecule has 258 valence electrons. The number of nitrogens with zero attached hydrogens (tertiary/aromatic N) is 6. The smallest absolute Gasteiger partial charge is 0.360 e. The Balaban J connectivity index is 1.52. The van der Waals surface area contributed by atoms with E-state index in [4.69, 9.17) is 10.6 Å². The minimum atomic E-state index is -4.95. The van der Waals surface area contributed by atoms with E-state index in [0.717, 1.165) is 23.6 Å². The van der Waals surface area contributed by atoms with Crippen LogP contribution in [0.5, 0.6) is 5.75 Å². The number of aromatic hydroxyl groups is 1. The first-order chi connectivity index (χ1) is 22.4. The molecule has 1 fully saturated rings. The van der Waals surface area contributed by atoms with E-state index in [1.165, 1.54) is 19.2 Å². The number of carbonyl (C=O) groups excluding carboxylic acids is 3. The number of pyridine rings is 1. The van der Waals surface area contributed by atoms with Crippen molar-refractivity contribution in [2.24, 2.45) is 11.1 Å². The average molecular weight is 713 g/mol. The second-order valence-corrected chi connectivity index (χ2v) is 13.5. The van der Waals surface area contributed by atoms with Gasteiger partial charge < -0.3 is 36.0 Å². The van der Waals surface area contributed by atoms with Gasteiger partial charge in [0.25, 0.3) is 10.0 Å². The van der Waals surface area contributed by atoms with Crippen LogP contribution in [-0.4, -0.2) is 117 Å². The van der Waals surface area contributed by atoms with Gasteiger partial charge in [-0.1, -0.05) is 5.16 Å². The zero-order valence-electron chi connectivity index (χ0n) is 25.0. The number of aromatic amines is 1. The third-order valence-electron chi connectivity index (χ3n) is 6.80. The Morgan fingerprint density at radius 2 is 1.96 bits per heavy atom. The normalized spacial score (nSPS) is 16.0. The summed E-state index contributed by atoms with van der Waals surface area (Å²) < 4.78 is 26.8. The Labute approximate surface area is 272 Å². The summed E-state index contributed by atoms with van der Waals surface area (Å²) in [5.41, 5.74) is 0.721. The lowest BCUT2D eigenvalue weighted by Crippen LogP contribution is -2.57. The summed E-state index contributed by atoms with van der Waals surface area (Å²) in [6.07, 6.45) is -1.28. The summed E-state index contributed by atoms with van der Waals surface area (Å²) in [6, 6.07) is 0.792. The first-order valence-corrected chi connectivity index (χ1v) is 16.1. The number of β-lactam (4-membered cyclic amide) rings is 1. The molecule has 0 aromatic carbocycles. The number of Topliss-reactive ketones (excluding diaryl/α,β-unsaturated/α-hetero) is 1. The molecule has 0 spiro atoms. The molecule has 1 aliphatic rings. The maximum Gasteiger partial charge on any atom is 0.360 e. The Morgan fingerprint density at radius 1 is 1.27 bits per heavy atom. The Morgan fingerprint density at radius 3 is 2.52 bits per heavy atom. The number of aliphatic hydroxyl groups is 2. The predicted octanol–water partition coefficient (Wildman–Crippen LogP) is -3.10. The summed E-state index contributed by atoms with van der Waals surface area (Å²) >= 11 is 0.949. The highest BCUT2D eigenvalue weighted by Gasteiger charge is 2.44. The van der Waals surface area contributed by atoms with Crippen molar-refractivity contribution < 1.29 is 52.9 Å². The van der Waals surface area contributed by atoms with E-state index in [0.29, 0.717) is 9.47 Å². The van der Waals surface area contributed by atoms with Crippen molar-refractivity contribution in [2.45, 2.75) is 38.5 Å². The van der Waals surface area contributed by atoms with Crippen LogP contribution >= 0.6 is 11.3 Å². The molecule has 3 aromatic rings. The number of aromatic nitrogens is 5. The van der Waals surface area contributed by atoms with E-state index < -0.39 is 111 Å². The molecule has 48 heavy (non-hydrogen) atoms. The fourth-order valence-electron chi connectivity index (χ4n) is 4.11. The van der Waals surface area contributed by atoms with E-state index >= 15 is 0 Å². The molecule has 23 heteroatoms. The van der Waals surface area contributed by atoms with E-state index in [1.807, 2.05) is 0 Å². The number of aliphatic carboxylic acids is 1. The van der Waals surface area contributed by atoms with Crippen molar-refractivity contribution in [1.29, 1.82) is 0 Å². The molecule has 7 N–H and O–H groups in total. The van der Waals surface area contributed by atoms with E-state index in [1.54, 1.807) is 0 Å². The maximum atomic E-state index is 13.2. The first kappa shape index (κ1) is 35.6. The third kappa shape index (κ3) is 7.32. The zero-order valence-corrected chi connectivity index (χ0v) is 26.6. The molecule has 0 radical (unpaired) electrons. The van der Waals surface area contributed by atoms with Gasteiger partial charge in [-0.25, -0.2) is 23.0 Å². The van der Waals surface area contributed by atoms with Crippen LogP contribution in [0, 0.1) is 5.92 Å². The van der Waals surface area contributed by atoms with Gasteiger partial charge in [-0.3, -0.25) is 28.6 Å². The number of hydrogen-bond donors (Lipinski definition) is 6. The topological polar surface area (TPSA) is 320 Å². The molecule has 2 atom stereocenters. The van der Waals surface area contributed by atoms with E-state index in [2.05, 4.69) is 20.2 Å². The third-order valence-corrected chi connectivity index (χ3v) is 8.85. The molecule has 4 rings (SSSR count). The number of anilines is 1. The summed E-state index contributed by atoms with van der Waals surface area (Å²) in [5.74, 6) is -8.17. The molecule has 4 heterocycles. The van der Waals surface area contributed by atoms with E-state index in [9.17, 15) is 57.6 Å². The summed E-state index contributed by atoms with van der Waals surface area (Å²) in [7, 11) is -4.95. The highest BCUT2D eigenvalue weighted by Crippen LogP contribution is 2.24. The number of carboxylic acid groups (broad SMARTS) is 1. The molecule has 3 aromatic heterocycles. The molecule has 0 bridgehead atoms. The average Bonchev–Trinajstić information content (AvgIpc) is 3.58. The first-order valence-electron chi connectivity index (χ1n) is 13.6. The Hall–Kier alpha value is -5.26. The van der Waals surface area contributed by atoms with Crippen molar-refractivity contribution in [1.82, 2.24) is 28.6 Å². The molecule has 1 saturated heterocycles. The minimum Gasteiger partial charge on any atom is -0.503 e. The quantitative estimate of drug-likeness (QED) is 0.0548. The lowest BCUT2D eigenvalue weighted by Gasteiger charge is -2.36. The van der Waals surface area contributed by atoms with Crippen LogP contribution in [-0.2, 0) is 40.6 Å². The number of amides is 2. The molecule has 2 amide bonds. The van der Waals surface area contributed by atoms with Crippen molar-refractivity contribution in [3.8, 4) is 17.3 Å². The van der Waals surface area contributed by atoms with Crippen molar-refractivity contribution in [3.63, 3.8) is 0 Å². The largest absolute Gasteiger partial charge is 0.503 e.